The summed E-state index contributed by atoms with van der Waals surface area (Å²) in [4.78, 5) is 8.10. The second-order valence-corrected chi connectivity index (χ2v) is 3.49. The molecular formula is C13H12N4O. The molecule has 0 bridgehead atoms. The van der Waals surface area contributed by atoms with Crippen molar-refractivity contribution in [3.05, 3.63) is 17.1 Å². The van der Waals surface area contributed by atoms with Crippen molar-refractivity contribution in [2.45, 2.75) is 26.2 Å². The van der Waals surface area contributed by atoms with Crippen molar-refractivity contribution in [2.24, 2.45) is 0 Å². The minimum atomic E-state index is -0.0373. The summed E-state index contributed by atoms with van der Waals surface area (Å²) in [6, 6.07) is 3.67. The fraction of sp³-hybridized carbons (Fsp3) is 0.385. The van der Waals surface area contributed by atoms with Gasteiger partial charge in [-0.15, -0.1) is 6.42 Å². The van der Waals surface area contributed by atoms with Gasteiger partial charge in [0.2, 0.25) is 5.88 Å². The van der Waals surface area contributed by atoms with Gasteiger partial charge in [0, 0.05) is 0 Å². The molecule has 0 saturated heterocycles. The third kappa shape index (κ3) is 3.20. The third-order valence-electron chi connectivity index (χ3n) is 2.20. The zero-order valence-electron chi connectivity index (χ0n) is 10.1. The molecule has 5 heteroatoms. The highest BCUT2D eigenvalue weighted by molar-refractivity contribution is 5.39. The van der Waals surface area contributed by atoms with Gasteiger partial charge < -0.3 is 4.74 Å². The lowest BCUT2D eigenvalue weighted by Crippen LogP contribution is -2.07. The van der Waals surface area contributed by atoms with Crippen molar-refractivity contribution in [3.63, 3.8) is 0 Å². The smallest absolute Gasteiger partial charge is 0.237 e. The number of unbranched alkanes of at least 4 members (excludes halogenated alkanes) is 1. The molecule has 1 rings (SSSR count). The number of aromatic nitrogens is 2. The van der Waals surface area contributed by atoms with Crippen LogP contribution in [0, 0.1) is 35.0 Å². The molecule has 0 aliphatic rings. The van der Waals surface area contributed by atoms with Crippen LogP contribution in [-0.2, 0) is 6.42 Å². The first-order valence-electron chi connectivity index (χ1n) is 5.54. The monoisotopic (exact) mass is 240 g/mol. The summed E-state index contributed by atoms with van der Waals surface area (Å²) < 4.78 is 5.26. The van der Waals surface area contributed by atoms with Crippen molar-refractivity contribution in [1.82, 2.24) is 9.97 Å². The Morgan fingerprint density at radius 2 is 1.89 bits per heavy atom. The van der Waals surface area contributed by atoms with Crippen molar-refractivity contribution in [2.75, 3.05) is 6.61 Å². The number of aryl methyl sites for hydroxylation is 1. The highest BCUT2D eigenvalue weighted by Gasteiger charge is 2.14. The SMILES string of the molecule is C#CCOc1nc(C#N)c(C#N)nc1CCCC. The maximum atomic E-state index is 8.89. The highest BCUT2D eigenvalue weighted by atomic mass is 16.5. The Morgan fingerprint density at radius 3 is 2.44 bits per heavy atom. The summed E-state index contributed by atoms with van der Waals surface area (Å²) in [5.41, 5.74) is 0.559. The molecule has 0 N–H and O–H groups in total. The zero-order valence-corrected chi connectivity index (χ0v) is 10.1. The summed E-state index contributed by atoms with van der Waals surface area (Å²) >= 11 is 0. The van der Waals surface area contributed by atoms with Gasteiger partial charge in [0.05, 0.1) is 0 Å². The molecule has 0 unspecified atom stereocenters. The van der Waals surface area contributed by atoms with E-state index in [4.69, 9.17) is 21.7 Å². The Kier molecular flexibility index (Phi) is 5.16. The van der Waals surface area contributed by atoms with Crippen LogP contribution in [0.1, 0.15) is 36.8 Å². The summed E-state index contributed by atoms with van der Waals surface area (Å²) in [7, 11) is 0. The Hall–Kier alpha value is -2.58. The van der Waals surface area contributed by atoms with Gasteiger partial charge in [-0.2, -0.15) is 15.5 Å². The van der Waals surface area contributed by atoms with Crippen molar-refractivity contribution in [3.8, 4) is 30.4 Å². The van der Waals surface area contributed by atoms with E-state index >= 15 is 0 Å². The second-order valence-electron chi connectivity index (χ2n) is 3.49. The predicted molar refractivity (Wildman–Crippen MR) is 64.4 cm³/mol. The average molecular weight is 240 g/mol. The van der Waals surface area contributed by atoms with E-state index in [0.29, 0.717) is 12.1 Å². The first-order valence-corrected chi connectivity index (χ1v) is 5.54. The largest absolute Gasteiger partial charge is 0.463 e. The van der Waals surface area contributed by atoms with Crippen molar-refractivity contribution in [1.29, 1.82) is 10.5 Å². The minimum absolute atomic E-state index is 0.0247. The van der Waals surface area contributed by atoms with Crippen LogP contribution < -0.4 is 4.74 Å². The van der Waals surface area contributed by atoms with Gasteiger partial charge in [-0.1, -0.05) is 19.3 Å². The minimum Gasteiger partial charge on any atom is -0.463 e. The lowest BCUT2D eigenvalue weighted by Gasteiger charge is -2.08. The number of hydrogen-bond acceptors (Lipinski definition) is 5. The van der Waals surface area contributed by atoms with E-state index in [2.05, 4.69) is 15.9 Å². The van der Waals surface area contributed by atoms with Crippen LogP contribution in [0.25, 0.3) is 0 Å². The van der Waals surface area contributed by atoms with Gasteiger partial charge in [-0.25, -0.2) is 4.98 Å². The maximum Gasteiger partial charge on any atom is 0.237 e. The molecule has 0 amide bonds. The lowest BCUT2D eigenvalue weighted by molar-refractivity contribution is 0.347. The molecule has 0 atom stereocenters. The third-order valence-corrected chi connectivity index (χ3v) is 2.20. The standard InChI is InChI=1S/C13H12N4O/c1-3-5-6-10-13(18-7-4-2)17-12(9-15)11(8-14)16-10/h2H,3,5-7H2,1H3. The number of hydrogen-bond donors (Lipinski definition) is 0. The van der Waals surface area contributed by atoms with Crippen LogP contribution in [0.2, 0.25) is 0 Å². The fourth-order valence-electron chi connectivity index (χ4n) is 1.34. The van der Waals surface area contributed by atoms with Crippen LogP contribution >= 0.6 is 0 Å². The normalized spacial score (nSPS) is 9.00. The molecule has 0 saturated carbocycles. The van der Waals surface area contributed by atoms with Crippen LogP contribution in [-0.4, -0.2) is 16.6 Å². The molecule has 0 fully saturated rings. The topological polar surface area (TPSA) is 82.6 Å². The fourth-order valence-corrected chi connectivity index (χ4v) is 1.34. The molecule has 90 valence electrons. The van der Waals surface area contributed by atoms with Crippen LogP contribution in [0.3, 0.4) is 0 Å². The number of rotatable bonds is 5. The van der Waals surface area contributed by atoms with Crippen LogP contribution in [0.5, 0.6) is 5.88 Å². The first-order chi connectivity index (χ1) is 8.76. The van der Waals surface area contributed by atoms with E-state index in [1.54, 1.807) is 0 Å². The molecule has 1 aromatic rings. The Labute approximate surface area is 106 Å². The van der Waals surface area contributed by atoms with E-state index in [1.807, 2.05) is 19.1 Å². The first kappa shape index (κ1) is 13.5. The average Bonchev–Trinajstić information content (AvgIpc) is 2.42. The molecule has 0 aliphatic carbocycles. The van der Waals surface area contributed by atoms with E-state index in [1.165, 1.54) is 0 Å². The zero-order chi connectivity index (χ0) is 13.4. The van der Waals surface area contributed by atoms with Gasteiger partial charge >= 0.3 is 0 Å². The number of ether oxygens (including phenoxy) is 1. The molecule has 0 aliphatic heterocycles. The molecule has 0 aromatic carbocycles. The Morgan fingerprint density at radius 1 is 1.22 bits per heavy atom. The van der Waals surface area contributed by atoms with Crippen molar-refractivity contribution < 1.29 is 4.74 Å². The van der Waals surface area contributed by atoms with Crippen LogP contribution in [0.15, 0.2) is 0 Å². The lowest BCUT2D eigenvalue weighted by atomic mass is 10.2. The summed E-state index contributed by atoms with van der Waals surface area (Å²) in [5, 5.41) is 17.8. The molecule has 1 aromatic heterocycles. The van der Waals surface area contributed by atoms with Gasteiger partial charge in [0.15, 0.2) is 18.0 Å². The Bertz CT molecular complexity index is 546. The van der Waals surface area contributed by atoms with Gasteiger partial charge in [-0.05, 0) is 12.8 Å². The highest BCUT2D eigenvalue weighted by Crippen LogP contribution is 2.18. The molecule has 5 nitrogen and oxygen atoms in total. The predicted octanol–water partition coefficient (Wildman–Crippen LogP) is 1.57. The summed E-state index contributed by atoms with van der Waals surface area (Å²) in [6.07, 6.45) is 7.64. The number of nitrogens with zero attached hydrogens (tertiary/aromatic N) is 4. The molecule has 18 heavy (non-hydrogen) atoms. The molecular weight excluding hydrogens is 228 g/mol. The second kappa shape index (κ2) is 6.89. The molecule has 1 heterocycles. The molecule has 0 spiro atoms. The van der Waals surface area contributed by atoms with E-state index in [0.717, 1.165) is 12.8 Å². The van der Waals surface area contributed by atoms with Gasteiger partial charge in [0.25, 0.3) is 0 Å². The molecule has 0 radical (unpaired) electrons. The van der Waals surface area contributed by atoms with Gasteiger partial charge in [0.1, 0.15) is 17.8 Å². The Balaban J connectivity index is 3.16. The van der Waals surface area contributed by atoms with E-state index < -0.39 is 0 Å². The quantitative estimate of drug-likeness (QED) is 0.729. The summed E-state index contributed by atoms with van der Waals surface area (Å²) in [5.74, 6) is 2.57. The van der Waals surface area contributed by atoms with E-state index in [-0.39, 0.29) is 23.9 Å². The van der Waals surface area contributed by atoms with Gasteiger partial charge in [-0.3, -0.25) is 0 Å². The van der Waals surface area contributed by atoms with Crippen LogP contribution in [0.4, 0.5) is 0 Å². The number of nitriles is 2. The number of terminal acetylenes is 1. The van der Waals surface area contributed by atoms with Crippen molar-refractivity contribution >= 4 is 0 Å². The maximum absolute atomic E-state index is 8.89. The summed E-state index contributed by atoms with van der Waals surface area (Å²) in [6.45, 7) is 2.11. The van der Waals surface area contributed by atoms with E-state index in [9.17, 15) is 0 Å².